The highest BCUT2D eigenvalue weighted by molar-refractivity contribution is 5.75. The van der Waals surface area contributed by atoms with E-state index in [4.69, 9.17) is 20.5 Å². The lowest BCUT2D eigenvalue weighted by molar-refractivity contribution is -0.146. The quantitative estimate of drug-likeness (QED) is 0.743. The Labute approximate surface area is 151 Å². The highest BCUT2D eigenvalue weighted by Gasteiger charge is 2.20. The molecular weight excluding hydrogens is 334 g/mol. The molecule has 7 heteroatoms. The number of nitriles is 1. The van der Waals surface area contributed by atoms with Gasteiger partial charge in [-0.2, -0.15) is 5.26 Å². The van der Waals surface area contributed by atoms with Gasteiger partial charge in [0.25, 0.3) is 0 Å². The van der Waals surface area contributed by atoms with E-state index in [-0.39, 0.29) is 6.42 Å². The number of hydrogen-bond donors (Lipinski definition) is 2. The van der Waals surface area contributed by atoms with Gasteiger partial charge in [0.05, 0.1) is 12.5 Å². The number of nitrogens with zero attached hydrogens (tertiary/aromatic N) is 1. The summed E-state index contributed by atoms with van der Waals surface area (Å²) >= 11 is 0. The van der Waals surface area contributed by atoms with Crippen LogP contribution in [0.2, 0.25) is 0 Å². The van der Waals surface area contributed by atoms with Crippen LogP contribution in [0.5, 0.6) is 11.5 Å². The number of ether oxygens (including phenoxy) is 2. The van der Waals surface area contributed by atoms with E-state index in [0.29, 0.717) is 17.1 Å². The number of rotatable bonds is 7. The molecule has 0 saturated carbocycles. The molecule has 0 aromatic heterocycles. The molecule has 2 aromatic carbocycles. The van der Waals surface area contributed by atoms with E-state index in [2.05, 4.69) is 5.32 Å². The van der Waals surface area contributed by atoms with E-state index in [1.807, 2.05) is 36.4 Å². The van der Waals surface area contributed by atoms with E-state index in [9.17, 15) is 9.59 Å². The van der Waals surface area contributed by atoms with Gasteiger partial charge in [0, 0.05) is 0 Å². The summed E-state index contributed by atoms with van der Waals surface area (Å²) in [5.74, 6) is 0.585. The van der Waals surface area contributed by atoms with Crippen LogP contribution < -0.4 is 15.8 Å². The first-order valence-corrected chi connectivity index (χ1v) is 7.96. The second-order valence-electron chi connectivity index (χ2n) is 5.51. The van der Waals surface area contributed by atoms with Crippen molar-refractivity contribution in [2.45, 2.75) is 25.5 Å². The molecule has 0 radical (unpaired) electrons. The monoisotopic (exact) mass is 353 g/mol. The van der Waals surface area contributed by atoms with Crippen LogP contribution in [0.3, 0.4) is 0 Å². The van der Waals surface area contributed by atoms with Gasteiger partial charge in [-0.3, -0.25) is 4.79 Å². The van der Waals surface area contributed by atoms with E-state index >= 15 is 0 Å². The molecule has 0 aliphatic rings. The average Bonchev–Trinajstić information content (AvgIpc) is 2.61. The first-order chi connectivity index (χ1) is 12.5. The molecule has 0 aliphatic carbocycles. The Hall–Kier alpha value is -3.53. The third-order valence-electron chi connectivity index (χ3n) is 3.42. The van der Waals surface area contributed by atoms with Gasteiger partial charge in [0.15, 0.2) is 6.10 Å². The summed E-state index contributed by atoms with van der Waals surface area (Å²) < 4.78 is 10.7. The summed E-state index contributed by atoms with van der Waals surface area (Å²) in [6, 6.07) is 16.5. The van der Waals surface area contributed by atoms with Crippen LogP contribution in [0.15, 0.2) is 54.6 Å². The highest BCUT2D eigenvalue weighted by Crippen LogP contribution is 2.26. The molecule has 0 aliphatic heterocycles. The summed E-state index contributed by atoms with van der Waals surface area (Å²) in [6.07, 6.45) is -1.03. The zero-order chi connectivity index (χ0) is 18.9. The van der Waals surface area contributed by atoms with Crippen LogP contribution in [-0.4, -0.2) is 18.1 Å². The summed E-state index contributed by atoms with van der Waals surface area (Å²) in [7, 11) is 0. The maximum Gasteiger partial charge on any atom is 0.312 e. The van der Waals surface area contributed by atoms with Crippen molar-refractivity contribution >= 4 is 12.0 Å². The van der Waals surface area contributed by atoms with Crippen LogP contribution in [-0.2, 0) is 9.53 Å². The number of benzene rings is 2. The van der Waals surface area contributed by atoms with Crippen molar-refractivity contribution in [3.8, 4) is 17.6 Å². The Balaban J connectivity index is 2.16. The molecule has 2 aromatic rings. The number of amides is 2. The molecule has 0 spiro atoms. The van der Waals surface area contributed by atoms with Crippen molar-refractivity contribution in [3.05, 3.63) is 60.2 Å². The first kappa shape index (κ1) is 18.8. The number of hydrogen-bond acceptors (Lipinski definition) is 5. The summed E-state index contributed by atoms with van der Waals surface area (Å²) in [4.78, 5) is 23.3. The predicted octanol–water partition coefficient (Wildman–Crippen LogP) is 3.03. The van der Waals surface area contributed by atoms with Gasteiger partial charge < -0.3 is 20.5 Å². The number of urea groups is 1. The Morgan fingerprint density at radius 2 is 1.85 bits per heavy atom. The number of carbonyl (C=O) groups is 2. The van der Waals surface area contributed by atoms with E-state index < -0.39 is 24.1 Å². The van der Waals surface area contributed by atoms with Crippen molar-refractivity contribution in [1.82, 2.24) is 5.32 Å². The molecule has 0 fully saturated rings. The van der Waals surface area contributed by atoms with Crippen LogP contribution in [0, 0.1) is 11.3 Å². The lowest BCUT2D eigenvalue weighted by Crippen LogP contribution is -2.35. The number of esters is 1. The molecule has 0 unspecified atom stereocenters. The number of carbonyl (C=O) groups excluding carboxylic acids is 2. The van der Waals surface area contributed by atoms with E-state index in [1.54, 1.807) is 24.3 Å². The molecular formula is C19H19N3O4. The van der Waals surface area contributed by atoms with Crippen LogP contribution >= 0.6 is 0 Å². The zero-order valence-corrected chi connectivity index (χ0v) is 14.2. The van der Waals surface area contributed by atoms with E-state index in [0.717, 1.165) is 0 Å². The van der Waals surface area contributed by atoms with Gasteiger partial charge in [0.1, 0.15) is 17.6 Å². The van der Waals surface area contributed by atoms with Crippen molar-refractivity contribution in [2.75, 3.05) is 0 Å². The molecule has 3 N–H and O–H groups in total. The summed E-state index contributed by atoms with van der Waals surface area (Å²) in [6.45, 7) is 1.46. The second-order valence-corrected chi connectivity index (χ2v) is 5.51. The third-order valence-corrected chi connectivity index (χ3v) is 3.42. The van der Waals surface area contributed by atoms with Crippen molar-refractivity contribution < 1.29 is 19.1 Å². The lowest BCUT2D eigenvalue weighted by atomic mass is 10.0. The Bertz CT molecular complexity index is 802. The Kier molecular flexibility index (Phi) is 6.57. The molecule has 0 saturated heterocycles. The van der Waals surface area contributed by atoms with Crippen LogP contribution in [0.4, 0.5) is 4.79 Å². The molecule has 0 heterocycles. The normalized spacial score (nSPS) is 12.3. The fourth-order valence-electron chi connectivity index (χ4n) is 2.28. The molecule has 134 valence electrons. The number of primary amides is 1. The zero-order valence-electron chi connectivity index (χ0n) is 14.2. The van der Waals surface area contributed by atoms with Gasteiger partial charge in [-0.25, -0.2) is 4.79 Å². The predicted molar refractivity (Wildman–Crippen MR) is 94.2 cm³/mol. The Morgan fingerprint density at radius 1 is 1.15 bits per heavy atom. The molecule has 2 amide bonds. The topological polar surface area (TPSA) is 114 Å². The maximum absolute atomic E-state index is 12.0. The second kappa shape index (κ2) is 9.08. The van der Waals surface area contributed by atoms with E-state index in [1.165, 1.54) is 6.92 Å². The van der Waals surface area contributed by atoms with Gasteiger partial charge in [-0.1, -0.05) is 30.3 Å². The number of para-hydroxylation sites is 1. The van der Waals surface area contributed by atoms with Gasteiger partial charge in [0.2, 0.25) is 0 Å². The van der Waals surface area contributed by atoms with Gasteiger partial charge in [-0.15, -0.1) is 0 Å². The largest absolute Gasteiger partial charge is 0.457 e. The fraction of sp³-hybridized carbons (Fsp3) is 0.211. The van der Waals surface area contributed by atoms with Crippen molar-refractivity contribution in [3.63, 3.8) is 0 Å². The molecule has 0 bridgehead atoms. The minimum Gasteiger partial charge on any atom is -0.457 e. The lowest BCUT2D eigenvalue weighted by Gasteiger charge is -2.18. The first-order valence-electron chi connectivity index (χ1n) is 7.96. The Morgan fingerprint density at radius 3 is 2.50 bits per heavy atom. The molecule has 26 heavy (non-hydrogen) atoms. The van der Waals surface area contributed by atoms with Gasteiger partial charge in [-0.05, 0) is 36.8 Å². The summed E-state index contributed by atoms with van der Waals surface area (Å²) in [5.41, 5.74) is 5.83. The minimum absolute atomic E-state index is 0.163. The minimum atomic E-state index is -0.871. The third kappa shape index (κ3) is 5.83. The van der Waals surface area contributed by atoms with Crippen LogP contribution in [0.1, 0.15) is 24.9 Å². The summed E-state index contributed by atoms with van der Waals surface area (Å²) in [5, 5.41) is 11.2. The number of nitrogens with two attached hydrogens (primary N) is 1. The fourth-order valence-corrected chi connectivity index (χ4v) is 2.28. The maximum atomic E-state index is 12.0. The highest BCUT2D eigenvalue weighted by atomic mass is 16.5. The molecule has 2 rings (SSSR count). The average molecular weight is 353 g/mol. The molecule has 2 atom stereocenters. The standard InChI is InChI=1S/C19H19N3O4/c1-13(12-20)25-18(23)11-17(22-19(21)24)14-6-5-9-16(10-14)26-15-7-3-2-4-8-15/h2-10,13,17H,11H2,1H3,(H3,21,22,24)/t13-,17-/m1/s1. The van der Waals surface area contributed by atoms with Gasteiger partial charge >= 0.3 is 12.0 Å². The van der Waals surface area contributed by atoms with Crippen LogP contribution in [0.25, 0.3) is 0 Å². The number of nitrogens with one attached hydrogen (secondary N) is 1. The van der Waals surface area contributed by atoms with Crippen molar-refractivity contribution in [1.29, 1.82) is 5.26 Å². The molecule has 7 nitrogen and oxygen atoms in total. The van der Waals surface area contributed by atoms with Crippen molar-refractivity contribution in [2.24, 2.45) is 5.73 Å². The SMILES string of the molecule is C[C@H](C#N)OC(=O)C[C@@H](NC(N)=O)c1cccc(Oc2ccccc2)c1. The smallest absolute Gasteiger partial charge is 0.312 e.